The molecule has 2 aromatic carbocycles. The summed E-state index contributed by atoms with van der Waals surface area (Å²) in [7, 11) is 0. The van der Waals surface area contributed by atoms with Crippen LogP contribution in [0.5, 0.6) is 0 Å². The average molecular weight is 440 g/mol. The summed E-state index contributed by atoms with van der Waals surface area (Å²) in [4.78, 5) is 35.8. The summed E-state index contributed by atoms with van der Waals surface area (Å²) >= 11 is 0. The van der Waals surface area contributed by atoms with Crippen molar-refractivity contribution in [2.24, 2.45) is 0 Å². The fraction of sp³-hybridized carbons (Fsp3) is 0.375. The molecule has 170 valence electrons. The van der Waals surface area contributed by atoms with Crippen LogP contribution in [-0.4, -0.2) is 52.5 Å². The van der Waals surface area contributed by atoms with E-state index in [1.54, 1.807) is 13.8 Å². The number of aliphatic hydroxyl groups excluding tert-OH is 1. The largest absolute Gasteiger partial charge is 0.480 e. The van der Waals surface area contributed by atoms with E-state index in [1.807, 2.05) is 48.5 Å². The van der Waals surface area contributed by atoms with Crippen molar-refractivity contribution in [3.8, 4) is 11.1 Å². The molecule has 0 fully saturated rings. The third kappa shape index (κ3) is 5.26. The van der Waals surface area contributed by atoms with Gasteiger partial charge in [-0.25, -0.2) is 9.59 Å². The molecule has 4 N–H and O–H groups in total. The lowest BCUT2D eigenvalue weighted by molar-refractivity contribution is -0.145. The van der Waals surface area contributed by atoms with Crippen LogP contribution in [-0.2, 0) is 14.3 Å². The van der Waals surface area contributed by atoms with Crippen LogP contribution in [0.2, 0.25) is 0 Å². The summed E-state index contributed by atoms with van der Waals surface area (Å²) in [5.41, 5.74) is 3.45. The normalized spacial score (nSPS) is 14.6. The fourth-order valence-electron chi connectivity index (χ4n) is 3.97. The molecule has 0 aliphatic heterocycles. The van der Waals surface area contributed by atoms with Gasteiger partial charge >= 0.3 is 12.1 Å². The van der Waals surface area contributed by atoms with Crippen LogP contribution < -0.4 is 10.6 Å². The molecule has 0 bridgehead atoms. The molecule has 1 aliphatic rings. The highest BCUT2D eigenvalue weighted by Gasteiger charge is 2.32. The molecule has 2 atom stereocenters. The average Bonchev–Trinajstić information content (AvgIpc) is 3.03. The van der Waals surface area contributed by atoms with Crippen molar-refractivity contribution < 1.29 is 29.3 Å². The van der Waals surface area contributed by atoms with E-state index in [0.29, 0.717) is 0 Å². The first-order chi connectivity index (χ1) is 15.1. The summed E-state index contributed by atoms with van der Waals surface area (Å²) in [6.45, 7) is 4.68. The number of hydrogen-bond acceptors (Lipinski definition) is 5. The predicted octanol–water partition coefficient (Wildman–Crippen LogP) is 2.64. The SMILES string of the molecule is CC(O)C(NC(=O)CC(C)(C)NC(=O)OCC1c2ccccc2-c2ccccc21)C(=O)O. The standard InChI is InChI=1S/C24H28N2O6/c1-14(27)21(22(29)30)25-20(28)12-24(2,3)26-23(31)32-13-19-17-10-6-4-8-15(17)16-9-5-7-11-18(16)19/h4-11,14,19,21,27H,12-13H2,1-3H3,(H,25,28)(H,26,31)(H,29,30). The second kappa shape index (κ2) is 9.40. The number of hydrogen-bond donors (Lipinski definition) is 4. The Labute approximate surface area is 186 Å². The van der Waals surface area contributed by atoms with E-state index in [4.69, 9.17) is 9.84 Å². The maximum Gasteiger partial charge on any atom is 0.407 e. The zero-order valence-electron chi connectivity index (χ0n) is 18.3. The summed E-state index contributed by atoms with van der Waals surface area (Å²) in [6.07, 6.45) is -2.11. The number of benzene rings is 2. The van der Waals surface area contributed by atoms with E-state index < -0.39 is 35.7 Å². The Bertz CT molecular complexity index is 972. The molecule has 2 unspecified atom stereocenters. The highest BCUT2D eigenvalue weighted by Crippen LogP contribution is 2.44. The Kier molecular flexibility index (Phi) is 6.84. The third-order valence-electron chi connectivity index (χ3n) is 5.45. The monoisotopic (exact) mass is 440 g/mol. The molecule has 32 heavy (non-hydrogen) atoms. The minimum Gasteiger partial charge on any atom is -0.480 e. The Morgan fingerprint density at radius 1 is 1.03 bits per heavy atom. The molecule has 0 radical (unpaired) electrons. The van der Waals surface area contributed by atoms with Crippen molar-refractivity contribution >= 4 is 18.0 Å². The molecule has 0 aromatic heterocycles. The lowest BCUT2D eigenvalue weighted by Crippen LogP contribution is -2.52. The van der Waals surface area contributed by atoms with E-state index in [9.17, 15) is 19.5 Å². The molecule has 2 amide bonds. The van der Waals surface area contributed by atoms with Crippen molar-refractivity contribution in [2.45, 2.75) is 50.8 Å². The van der Waals surface area contributed by atoms with Crippen LogP contribution in [0.4, 0.5) is 4.79 Å². The second-order valence-electron chi connectivity index (χ2n) is 8.64. The zero-order valence-corrected chi connectivity index (χ0v) is 18.3. The molecule has 0 saturated heterocycles. The van der Waals surface area contributed by atoms with Gasteiger partial charge in [-0.1, -0.05) is 48.5 Å². The second-order valence-corrected chi connectivity index (χ2v) is 8.64. The molecule has 0 spiro atoms. The number of ether oxygens (including phenoxy) is 1. The van der Waals surface area contributed by atoms with Crippen LogP contribution >= 0.6 is 0 Å². The van der Waals surface area contributed by atoms with Crippen molar-refractivity contribution in [3.05, 3.63) is 59.7 Å². The summed E-state index contributed by atoms with van der Waals surface area (Å²) in [6, 6.07) is 14.6. The number of amides is 2. The fourth-order valence-corrected chi connectivity index (χ4v) is 3.97. The number of fused-ring (bicyclic) bond motifs is 3. The maximum atomic E-state index is 12.5. The molecule has 1 aliphatic carbocycles. The van der Waals surface area contributed by atoms with Gasteiger partial charge < -0.3 is 25.6 Å². The first-order valence-electron chi connectivity index (χ1n) is 10.4. The highest BCUT2D eigenvalue weighted by molar-refractivity contribution is 5.85. The molecule has 0 saturated carbocycles. The number of aliphatic carboxylic acids is 1. The van der Waals surface area contributed by atoms with E-state index in [-0.39, 0.29) is 18.9 Å². The number of carbonyl (C=O) groups excluding carboxylic acids is 2. The Morgan fingerprint density at radius 2 is 1.56 bits per heavy atom. The topological polar surface area (TPSA) is 125 Å². The quantitative estimate of drug-likeness (QED) is 0.500. The zero-order chi connectivity index (χ0) is 23.5. The van der Waals surface area contributed by atoms with Gasteiger partial charge in [0.25, 0.3) is 0 Å². The van der Waals surface area contributed by atoms with Gasteiger partial charge in [0.2, 0.25) is 5.91 Å². The van der Waals surface area contributed by atoms with Gasteiger partial charge in [-0.05, 0) is 43.0 Å². The van der Waals surface area contributed by atoms with Crippen LogP contribution in [0.1, 0.15) is 44.2 Å². The van der Waals surface area contributed by atoms with Crippen LogP contribution in [0, 0.1) is 0 Å². The number of aliphatic hydroxyl groups is 1. The minimum atomic E-state index is -1.42. The minimum absolute atomic E-state index is 0.0815. The van der Waals surface area contributed by atoms with E-state index in [2.05, 4.69) is 10.6 Å². The van der Waals surface area contributed by atoms with E-state index in [1.165, 1.54) is 6.92 Å². The third-order valence-corrected chi connectivity index (χ3v) is 5.45. The van der Waals surface area contributed by atoms with Crippen molar-refractivity contribution in [1.82, 2.24) is 10.6 Å². The van der Waals surface area contributed by atoms with E-state index in [0.717, 1.165) is 22.3 Å². The molecular formula is C24H28N2O6. The van der Waals surface area contributed by atoms with Gasteiger partial charge in [0.1, 0.15) is 6.61 Å². The number of carbonyl (C=O) groups is 3. The summed E-state index contributed by atoms with van der Waals surface area (Å²) in [5, 5.41) is 23.5. The van der Waals surface area contributed by atoms with Crippen LogP contribution in [0.15, 0.2) is 48.5 Å². The number of carboxylic acid groups (broad SMARTS) is 1. The number of rotatable bonds is 8. The lowest BCUT2D eigenvalue weighted by Gasteiger charge is -2.27. The number of carboxylic acids is 1. The first kappa shape index (κ1) is 23.3. The molecular weight excluding hydrogens is 412 g/mol. The molecule has 8 nitrogen and oxygen atoms in total. The Balaban J connectivity index is 1.59. The van der Waals surface area contributed by atoms with Gasteiger partial charge in [-0.3, -0.25) is 4.79 Å². The smallest absolute Gasteiger partial charge is 0.407 e. The molecule has 2 aromatic rings. The predicted molar refractivity (Wildman–Crippen MR) is 118 cm³/mol. The van der Waals surface area contributed by atoms with E-state index >= 15 is 0 Å². The molecule has 8 heteroatoms. The van der Waals surface area contributed by atoms with Crippen LogP contribution in [0.25, 0.3) is 11.1 Å². The number of nitrogens with one attached hydrogen (secondary N) is 2. The molecule has 0 heterocycles. The maximum absolute atomic E-state index is 12.5. The Morgan fingerprint density at radius 3 is 2.06 bits per heavy atom. The van der Waals surface area contributed by atoms with Crippen molar-refractivity contribution in [3.63, 3.8) is 0 Å². The number of alkyl carbamates (subject to hydrolysis) is 1. The van der Waals surface area contributed by atoms with Crippen molar-refractivity contribution in [1.29, 1.82) is 0 Å². The van der Waals surface area contributed by atoms with Crippen molar-refractivity contribution in [2.75, 3.05) is 6.61 Å². The van der Waals surface area contributed by atoms with Crippen LogP contribution in [0.3, 0.4) is 0 Å². The van der Waals surface area contributed by atoms with Gasteiger partial charge in [-0.15, -0.1) is 0 Å². The highest BCUT2D eigenvalue weighted by atomic mass is 16.5. The van der Waals surface area contributed by atoms with Gasteiger partial charge in [0.15, 0.2) is 6.04 Å². The van der Waals surface area contributed by atoms with Gasteiger partial charge in [-0.2, -0.15) is 0 Å². The summed E-state index contributed by atoms with van der Waals surface area (Å²) < 4.78 is 5.50. The van der Waals surface area contributed by atoms with Gasteiger partial charge in [0.05, 0.1) is 6.10 Å². The Hall–Kier alpha value is -3.39. The lowest BCUT2D eigenvalue weighted by atomic mass is 9.98. The molecule has 3 rings (SSSR count). The van der Waals surface area contributed by atoms with Gasteiger partial charge in [0, 0.05) is 17.9 Å². The first-order valence-corrected chi connectivity index (χ1v) is 10.4. The summed E-state index contributed by atoms with van der Waals surface area (Å²) in [5.74, 6) is -2.03.